The van der Waals surface area contributed by atoms with Crippen molar-refractivity contribution in [1.29, 1.82) is 0 Å². The van der Waals surface area contributed by atoms with Gasteiger partial charge in [-0.15, -0.1) is 11.8 Å². The van der Waals surface area contributed by atoms with Crippen molar-refractivity contribution < 1.29 is 4.74 Å². The summed E-state index contributed by atoms with van der Waals surface area (Å²) in [5.74, 6) is 1.08. The number of ether oxygens (including phenoxy) is 1. The number of hydrogen-bond acceptors (Lipinski definition) is 3. The van der Waals surface area contributed by atoms with E-state index in [1.54, 1.807) is 0 Å². The third kappa shape index (κ3) is 4.69. The van der Waals surface area contributed by atoms with Gasteiger partial charge in [-0.3, -0.25) is 4.74 Å². The molecule has 1 fully saturated rings. The van der Waals surface area contributed by atoms with Crippen molar-refractivity contribution in [2.45, 2.75) is 11.9 Å². The van der Waals surface area contributed by atoms with Crippen LogP contribution in [0.15, 0.2) is 114 Å². The van der Waals surface area contributed by atoms with Crippen LogP contribution < -0.4 is 15.9 Å². The van der Waals surface area contributed by atoms with E-state index in [2.05, 4.69) is 97.1 Å². The second-order valence-corrected chi connectivity index (χ2v) is 12.5. The summed E-state index contributed by atoms with van der Waals surface area (Å²) in [5.41, 5.74) is 1.95. The molecule has 5 heteroatoms. The molecule has 1 saturated heterocycles. The second-order valence-electron chi connectivity index (χ2n) is 7.87. The van der Waals surface area contributed by atoms with Gasteiger partial charge in [-0.1, -0.05) is 103 Å². The lowest BCUT2D eigenvalue weighted by Gasteiger charge is -2.29. The zero-order chi connectivity index (χ0) is 22.5. The zero-order valence-electron chi connectivity index (χ0n) is 18.2. The SMILES string of the molecule is Clc1ccc(N=P(c2ccccc2)(c2ccccc2)c2ccccc2)c(C2OCCCS2)c1. The van der Waals surface area contributed by atoms with E-state index < -0.39 is 7.05 Å². The molecule has 0 saturated carbocycles. The highest BCUT2D eigenvalue weighted by Gasteiger charge is 2.29. The lowest BCUT2D eigenvalue weighted by atomic mass is 10.2. The smallest absolute Gasteiger partial charge is 0.130 e. The minimum atomic E-state index is -2.35. The third-order valence-electron chi connectivity index (χ3n) is 5.72. The van der Waals surface area contributed by atoms with Gasteiger partial charge in [0.2, 0.25) is 0 Å². The molecule has 0 N–H and O–H groups in total. The number of thioether (sulfide) groups is 1. The summed E-state index contributed by atoms with van der Waals surface area (Å²) >= 11 is 8.28. The second kappa shape index (κ2) is 10.3. The van der Waals surface area contributed by atoms with Crippen LogP contribution in [0.5, 0.6) is 0 Å². The highest BCUT2D eigenvalue weighted by atomic mass is 35.5. The van der Waals surface area contributed by atoms with Gasteiger partial charge in [0.15, 0.2) is 0 Å². The summed E-state index contributed by atoms with van der Waals surface area (Å²) in [5, 5.41) is 4.38. The van der Waals surface area contributed by atoms with E-state index in [1.165, 1.54) is 15.9 Å². The van der Waals surface area contributed by atoms with Gasteiger partial charge in [-0.25, -0.2) is 0 Å². The summed E-state index contributed by atoms with van der Waals surface area (Å²) in [4.78, 5) is 0. The van der Waals surface area contributed by atoms with Crippen LogP contribution in [0.2, 0.25) is 5.02 Å². The number of halogens is 1. The first-order valence-electron chi connectivity index (χ1n) is 11.1. The van der Waals surface area contributed by atoms with E-state index in [0.29, 0.717) is 5.02 Å². The Morgan fingerprint density at radius 2 is 1.30 bits per heavy atom. The number of nitrogens with zero attached hydrogens (tertiary/aromatic N) is 1. The minimum Gasteiger partial charge on any atom is -0.363 e. The molecule has 1 atom stereocenters. The van der Waals surface area contributed by atoms with E-state index in [1.807, 2.05) is 23.9 Å². The van der Waals surface area contributed by atoms with Gasteiger partial charge in [0.05, 0.1) is 12.7 Å². The van der Waals surface area contributed by atoms with Crippen LogP contribution in [0, 0.1) is 0 Å². The molecule has 4 aromatic carbocycles. The molecule has 0 radical (unpaired) electrons. The van der Waals surface area contributed by atoms with Crippen molar-refractivity contribution in [3.63, 3.8) is 0 Å². The Balaban J connectivity index is 1.85. The monoisotopic (exact) mass is 489 g/mol. The van der Waals surface area contributed by atoms with Gasteiger partial charge < -0.3 is 4.74 Å². The van der Waals surface area contributed by atoms with Gasteiger partial charge in [0.25, 0.3) is 0 Å². The summed E-state index contributed by atoms with van der Waals surface area (Å²) in [7, 11) is -2.35. The molecular weight excluding hydrogens is 465 g/mol. The van der Waals surface area contributed by atoms with E-state index >= 15 is 0 Å². The maximum absolute atomic E-state index is 6.46. The molecule has 1 aliphatic heterocycles. The molecule has 0 bridgehead atoms. The topological polar surface area (TPSA) is 21.6 Å². The maximum Gasteiger partial charge on any atom is 0.130 e. The summed E-state index contributed by atoms with van der Waals surface area (Å²) in [6.07, 6.45) is 1.07. The summed E-state index contributed by atoms with van der Waals surface area (Å²) in [6.45, 7) is 0.764. The quantitative estimate of drug-likeness (QED) is 0.274. The minimum absolute atomic E-state index is 0.0552. The Hall–Kier alpha value is -2.29. The third-order valence-corrected chi connectivity index (χ3v) is 10.8. The highest BCUT2D eigenvalue weighted by molar-refractivity contribution is 7.99. The van der Waals surface area contributed by atoms with Gasteiger partial charge in [-0.05, 0) is 30.4 Å². The molecule has 1 unspecified atom stereocenters. The Bertz CT molecular complexity index is 1160. The fourth-order valence-corrected chi connectivity index (χ4v) is 8.98. The molecule has 0 amide bonds. The fraction of sp³-hybridized carbons (Fsp3) is 0.143. The number of hydrogen-bond donors (Lipinski definition) is 0. The molecule has 2 nitrogen and oxygen atoms in total. The number of rotatable bonds is 5. The van der Waals surface area contributed by atoms with Crippen LogP contribution in [0.3, 0.4) is 0 Å². The first-order chi connectivity index (χ1) is 16.3. The van der Waals surface area contributed by atoms with Crippen molar-refractivity contribution in [3.05, 3.63) is 120 Å². The molecule has 5 rings (SSSR count). The zero-order valence-corrected chi connectivity index (χ0v) is 20.6. The first-order valence-corrected chi connectivity index (χ1v) is 14.3. The predicted molar refractivity (Wildman–Crippen MR) is 144 cm³/mol. The largest absolute Gasteiger partial charge is 0.363 e. The van der Waals surface area contributed by atoms with Crippen molar-refractivity contribution in [1.82, 2.24) is 0 Å². The first kappa shape index (κ1) is 22.5. The van der Waals surface area contributed by atoms with Crippen molar-refractivity contribution >= 4 is 52.0 Å². The molecule has 1 aliphatic rings. The van der Waals surface area contributed by atoms with Crippen molar-refractivity contribution in [2.24, 2.45) is 4.74 Å². The molecule has 1 heterocycles. The van der Waals surface area contributed by atoms with Gasteiger partial charge in [-0.2, -0.15) is 0 Å². The Labute approximate surface area is 205 Å². The van der Waals surface area contributed by atoms with E-state index in [4.69, 9.17) is 21.1 Å². The Morgan fingerprint density at radius 1 is 0.758 bits per heavy atom. The van der Waals surface area contributed by atoms with Crippen LogP contribution >= 0.6 is 30.4 Å². The standard InChI is InChI=1S/C28H25ClNOPS/c29-22-17-18-27(26(21-22)28-31-19-10-20-33-28)30-32(23-11-4-1-5-12-23,24-13-6-2-7-14-24)25-15-8-3-9-16-25/h1-9,11-18,21,28H,10,19-20H2. The normalized spacial score (nSPS) is 16.3. The molecular formula is C28H25ClNOPS. The Morgan fingerprint density at radius 3 is 1.79 bits per heavy atom. The van der Waals surface area contributed by atoms with E-state index in [9.17, 15) is 0 Å². The van der Waals surface area contributed by atoms with Gasteiger partial charge in [0, 0.05) is 33.1 Å². The molecule has 33 heavy (non-hydrogen) atoms. The average molecular weight is 490 g/mol. The lowest BCUT2D eigenvalue weighted by Crippen LogP contribution is -2.25. The number of benzene rings is 4. The van der Waals surface area contributed by atoms with Crippen molar-refractivity contribution in [3.8, 4) is 0 Å². The predicted octanol–water partition coefficient (Wildman–Crippen LogP) is 7.30. The van der Waals surface area contributed by atoms with Crippen LogP contribution in [0.1, 0.15) is 17.4 Å². The van der Waals surface area contributed by atoms with Gasteiger partial charge >= 0.3 is 0 Å². The highest BCUT2D eigenvalue weighted by Crippen LogP contribution is 2.51. The van der Waals surface area contributed by atoms with E-state index in [0.717, 1.165) is 30.0 Å². The molecule has 166 valence electrons. The molecule has 0 spiro atoms. The maximum atomic E-state index is 6.46. The molecule has 0 aromatic heterocycles. The van der Waals surface area contributed by atoms with E-state index in [-0.39, 0.29) is 5.44 Å². The Kier molecular flexibility index (Phi) is 7.04. The van der Waals surface area contributed by atoms with Crippen LogP contribution in [-0.2, 0) is 4.74 Å². The lowest BCUT2D eigenvalue weighted by molar-refractivity contribution is 0.107. The summed E-state index contributed by atoms with van der Waals surface area (Å²) in [6, 6.07) is 38.1. The molecule has 0 aliphatic carbocycles. The molecule has 4 aromatic rings. The van der Waals surface area contributed by atoms with Crippen molar-refractivity contribution in [2.75, 3.05) is 12.4 Å². The van der Waals surface area contributed by atoms with Gasteiger partial charge in [0.1, 0.15) is 5.44 Å². The van der Waals surface area contributed by atoms with Crippen LogP contribution in [-0.4, -0.2) is 12.4 Å². The van der Waals surface area contributed by atoms with Crippen LogP contribution in [0.4, 0.5) is 5.69 Å². The fourth-order valence-electron chi connectivity index (χ4n) is 4.19. The average Bonchev–Trinajstić information content (AvgIpc) is 2.90. The van der Waals surface area contributed by atoms with Crippen LogP contribution in [0.25, 0.3) is 0 Å². The summed E-state index contributed by atoms with van der Waals surface area (Å²) < 4.78 is 11.8.